The topological polar surface area (TPSA) is 55.9 Å². The van der Waals surface area contributed by atoms with Crippen LogP contribution in [-0.4, -0.2) is 78.7 Å². The summed E-state index contributed by atoms with van der Waals surface area (Å²) in [5.41, 5.74) is 0. The van der Waals surface area contributed by atoms with Crippen LogP contribution >= 0.6 is 0 Å². The third kappa shape index (κ3) is 38.3. The maximum absolute atomic E-state index is 4.22. The molecule has 7 nitrogen and oxygen atoms in total. The Labute approximate surface area is 354 Å². The Morgan fingerprint density at radius 1 is 0.674 bits per heavy atom. The van der Waals surface area contributed by atoms with Gasteiger partial charge in [0.2, 0.25) is 6.33 Å². The zero-order chi connectivity index (χ0) is 32.3. The van der Waals surface area contributed by atoms with Crippen molar-refractivity contribution >= 4 is 5.96 Å². The molecule has 284 valence electrons. The van der Waals surface area contributed by atoms with Crippen molar-refractivity contribution < 1.29 is 102 Å². The van der Waals surface area contributed by atoms with E-state index in [1.54, 1.807) is 7.05 Å². The Morgan fingerprint density at radius 3 is 1.13 bits per heavy atom. The minimum absolute atomic E-state index is 0. The van der Waals surface area contributed by atoms with E-state index in [1.807, 2.05) is 27.7 Å². The van der Waals surface area contributed by atoms with E-state index in [9.17, 15) is 0 Å². The van der Waals surface area contributed by atoms with Gasteiger partial charge in [-0.15, -0.1) is 0 Å². The average Bonchev–Trinajstić information content (AvgIpc) is 3.29. The molecule has 1 rings (SSSR count). The van der Waals surface area contributed by atoms with Crippen molar-refractivity contribution in [2.24, 2.45) is 16.8 Å². The normalized spacial score (nSPS) is 9.98. The van der Waals surface area contributed by atoms with Crippen molar-refractivity contribution in [2.75, 3.05) is 28.2 Å². The SMILES string of the molecule is C.CC(C)C(C(C)C)N(C)C.CC(C)N(C)C(C)C.CC(C)n1cc[n+](C(C)C)c1.CN=C([N-]C(C)C)[N-]C(C)C.[Ru+].[Ru+].[Ru+].[Ru+].[Ru]. The molecule has 4 radical (unpaired) electrons. The largest absolute Gasteiger partial charge is 1.00 e. The Balaban J connectivity index is -0.0000000547. The summed E-state index contributed by atoms with van der Waals surface area (Å²) in [5, 5.41) is 8.44. The Kier molecular flexibility index (Phi) is 59.2. The second-order valence-corrected chi connectivity index (χ2v) is 13.3. The fraction of sp³-hybridized carbons (Fsp3) is 0.882. The van der Waals surface area contributed by atoms with Crippen LogP contribution in [0, 0.1) is 11.8 Å². The molecule has 12 heteroatoms. The summed E-state index contributed by atoms with van der Waals surface area (Å²) in [6.45, 7) is 34.8. The van der Waals surface area contributed by atoms with Gasteiger partial charge in [0, 0.05) is 37.6 Å². The molecule has 46 heavy (non-hydrogen) atoms. The predicted molar refractivity (Wildman–Crippen MR) is 188 cm³/mol. The maximum Gasteiger partial charge on any atom is 1.00 e. The van der Waals surface area contributed by atoms with E-state index < -0.39 is 0 Å². The van der Waals surface area contributed by atoms with Gasteiger partial charge in [-0.25, -0.2) is 9.13 Å². The quantitative estimate of drug-likeness (QED) is 0.107. The number of aromatic nitrogens is 2. The maximum atomic E-state index is 4.22. The molecule has 0 fully saturated rings. The van der Waals surface area contributed by atoms with Gasteiger partial charge in [0.15, 0.2) is 0 Å². The molecule has 0 amide bonds. The van der Waals surface area contributed by atoms with Gasteiger partial charge in [-0.2, -0.15) is 5.96 Å². The molecule has 0 aliphatic heterocycles. The number of imidazole rings is 1. The summed E-state index contributed by atoms with van der Waals surface area (Å²) < 4.78 is 4.42. The van der Waals surface area contributed by atoms with Crippen LogP contribution in [-0.2, 0) is 97.4 Å². The van der Waals surface area contributed by atoms with Crippen LogP contribution in [0.5, 0.6) is 0 Å². The van der Waals surface area contributed by atoms with E-state index in [0.29, 0.717) is 30.1 Å². The van der Waals surface area contributed by atoms with Gasteiger partial charge >= 0.3 is 77.9 Å². The van der Waals surface area contributed by atoms with E-state index in [0.717, 1.165) is 17.9 Å². The molecule has 1 heterocycles. The zero-order valence-corrected chi connectivity index (χ0v) is 41.0. The number of nitrogens with zero attached hydrogens (tertiary/aromatic N) is 7. The Bertz CT molecular complexity index is 690. The van der Waals surface area contributed by atoms with E-state index in [4.69, 9.17) is 0 Å². The Morgan fingerprint density at radius 2 is 1.02 bits per heavy atom. The summed E-state index contributed by atoms with van der Waals surface area (Å²) in [6, 6.07) is 3.75. The molecule has 0 aliphatic rings. The summed E-state index contributed by atoms with van der Waals surface area (Å²) >= 11 is 0. The molecule has 0 unspecified atom stereocenters. The molecular formula is C34H76N7Ru5+3. The van der Waals surface area contributed by atoms with Crippen LogP contribution < -0.4 is 4.57 Å². The molecule has 1 aromatic rings. The van der Waals surface area contributed by atoms with Crippen LogP contribution in [0.3, 0.4) is 0 Å². The molecule has 0 atom stereocenters. The van der Waals surface area contributed by atoms with Crippen molar-refractivity contribution in [1.82, 2.24) is 14.4 Å². The van der Waals surface area contributed by atoms with Gasteiger partial charge in [-0.3, -0.25) is 0 Å². The number of hydrogen-bond acceptors (Lipinski definition) is 3. The molecule has 0 aromatic carbocycles. The fourth-order valence-corrected chi connectivity index (χ4v) is 4.17. The molecular weight excluding hydrogens is 1010 g/mol. The van der Waals surface area contributed by atoms with E-state index in [2.05, 4.69) is 158 Å². The third-order valence-corrected chi connectivity index (χ3v) is 6.41. The van der Waals surface area contributed by atoms with Gasteiger partial charge in [0.05, 0.1) is 12.1 Å². The second-order valence-electron chi connectivity index (χ2n) is 13.3. The van der Waals surface area contributed by atoms with Crippen LogP contribution in [0.4, 0.5) is 0 Å². The summed E-state index contributed by atoms with van der Waals surface area (Å²) in [7, 11) is 8.18. The molecule has 1 aromatic heterocycles. The minimum atomic E-state index is 0. The van der Waals surface area contributed by atoms with Crippen molar-refractivity contribution in [3.63, 3.8) is 0 Å². The first-order valence-corrected chi connectivity index (χ1v) is 15.5. The van der Waals surface area contributed by atoms with Gasteiger partial charge in [0.1, 0.15) is 12.4 Å². The third-order valence-electron chi connectivity index (χ3n) is 6.41. The first-order valence-electron chi connectivity index (χ1n) is 15.5. The van der Waals surface area contributed by atoms with Gasteiger partial charge in [0.25, 0.3) is 0 Å². The fourth-order valence-electron chi connectivity index (χ4n) is 4.17. The van der Waals surface area contributed by atoms with Gasteiger partial charge < -0.3 is 25.4 Å². The second kappa shape index (κ2) is 39.3. The number of aliphatic imine (C=N–C) groups is 1. The average molecular weight is 1090 g/mol. The van der Waals surface area contributed by atoms with Crippen molar-refractivity contribution in [1.29, 1.82) is 0 Å². The van der Waals surface area contributed by atoms with Crippen LogP contribution in [0.2, 0.25) is 0 Å². The van der Waals surface area contributed by atoms with Gasteiger partial charge in [-0.05, 0) is 88.4 Å². The monoisotopic (exact) mass is 1090 g/mol. The molecule has 0 N–H and O–H groups in total. The van der Waals surface area contributed by atoms with Crippen LogP contribution in [0.25, 0.3) is 10.6 Å². The minimum Gasteiger partial charge on any atom is -0.555 e. The molecule has 0 aliphatic carbocycles. The number of rotatable bonds is 9. The number of hydrogen-bond donors (Lipinski definition) is 0. The molecule has 0 saturated heterocycles. The first kappa shape index (κ1) is 69.3. The standard InChI is InChI=1S/C9H17N2.C9H21N.C8H17N3.C7H17N.CH4.5Ru/c1-8(2)10-5-6-11(7-10)9(3)4;1-7(2)9(8(3)4)10(5)6;1-6(2)10-8(9-5)11-7(3)4;1-6(2)8(5)7(3)4;;;;;;/h5-9H,1-4H3;7-9H,1-6H3;6-7H,1-5H3;6-7H,1-5H3;1H4;;;;;/q+1;;-2;;;;4*+1. The van der Waals surface area contributed by atoms with Crippen molar-refractivity contribution in [3.05, 3.63) is 29.4 Å². The molecule has 0 spiro atoms. The summed E-state index contributed by atoms with van der Waals surface area (Å²) in [5.74, 6) is 2.14. The summed E-state index contributed by atoms with van der Waals surface area (Å²) in [4.78, 5) is 8.60. The van der Waals surface area contributed by atoms with E-state index in [-0.39, 0.29) is 117 Å². The Hall–Kier alpha value is 1.52. The van der Waals surface area contributed by atoms with E-state index >= 15 is 0 Å². The van der Waals surface area contributed by atoms with E-state index in [1.165, 1.54) is 0 Å². The zero-order valence-electron chi connectivity index (χ0n) is 32.3. The van der Waals surface area contributed by atoms with Gasteiger partial charge in [-0.1, -0.05) is 81.9 Å². The van der Waals surface area contributed by atoms with Crippen LogP contribution in [0.15, 0.2) is 23.7 Å². The number of guanidine groups is 1. The predicted octanol–water partition coefficient (Wildman–Crippen LogP) is 9.06. The van der Waals surface area contributed by atoms with Crippen molar-refractivity contribution in [3.8, 4) is 0 Å². The first-order chi connectivity index (χ1) is 18.2. The molecule has 0 bridgehead atoms. The van der Waals surface area contributed by atoms with Crippen molar-refractivity contribution in [2.45, 2.75) is 160 Å². The smallest absolute Gasteiger partial charge is 0.555 e. The summed E-state index contributed by atoms with van der Waals surface area (Å²) in [6.07, 6.45) is 6.38. The molecule has 0 saturated carbocycles. The van der Waals surface area contributed by atoms with Crippen LogP contribution in [0.1, 0.15) is 130 Å².